The summed E-state index contributed by atoms with van der Waals surface area (Å²) in [7, 11) is 0. The first-order chi connectivity index (χ1) is 10.7. The first-order valence-electron chi connectivity index (χ1n) is 6.94. The third-order valence-electron chi connectivity index (χ3n) is 3.52. The van der Waals surface area contributed by atoms with Crippen LogP contribution in [0, 0.1) is 0 Å². The summed E-state index contributed by atoms with van der Waals surface area (Å²) in [5.74, 6) is -0.782. The van der Waals surface area contributed by atoms with Crippen LogP contribution in [0.5, 0.6) is 0 Å². The molecule has 22 heavy (non-hydrogen) atoms. The zero-order chi connectivity index (χ0) is 15.5. The molecule has 1 N–H and O–H groups in total. The van der Waals surface area contributed by atoms with E-state index in [1.807, 2.05) is 0 Å². The van der Waals surface area contributed by atoms with Crippen LogP contribution in [-0.2, 0) is 4.79 Å². The van der Waals surface area contributed by atoms with Crippen LogP contribution in [0.1, 0.15) is 28.9 Å². The van der Waals surface area contributed by atoms with Crippen molar-refractivity contribution in [3.63, 3.8) is 0 Å². The Balaban J connectivity index is 1.83. The van der Waals surface area contributed by atoms with Gasteiger partial charge in [-0.25, -0.2) is 19.7 Å². The van der Waals surface area contributed by atoms with Crippen LogP contribution < -0.4 is 0 Å². The van der Waals surface area contributed by atoms with Crippen LogP contribution in [0.2, 0.25) is 0 Å². The van der Waals surface area contributed by atoms with Gasteiger partial charge in [-0.3, -0.25) is 4.79 Å². The predicted octanol–water partition coefficient (Wildman–Crippen LogP) is 1.68. The van der Waals surface area contributed by atoms with Gasteiger partial charge in [-0.15, -0.1) is 11.3 Å². The van der Waals surface area contributed by atoms with Gasteiger partial charge in [0.25, 0.3) is 5.91 Å². The van der Waals surface area contributed by atoms with E-state index < -0.39 is 12.0 Å². The molecule has 1 aliphatic rings. The van der Waals surface area contributed by atoms with E-state index in [-0.39, 0.29) is 5.91 Å². The normalized spacial score (nSPS) is 18.2. The zero-order valence-electron chi connectivity index (χ0n) is 11.7. The van der Waals surface area contributed by atoms with E-state index in [2.05, 4.69) is 15.0 Å². The molecule has 2 aromatic heterocycles. The van der Waals surface area contributed by atoms with Gasteiger partial charge in [0.2, 0.25) is 0 Å². The minimum Gasteiger partial charge on any atom is -0.480 e. The molecule has 1 aliphatic heterocycles. The Bertz CT molecular complexity index is 688. The molecular weight excluding hydrogens is 304 g/mol. The smallest absolute Gasteiger partial charge is 0.326 e. The lowest BCUT2D eigenvalue weighted by Crippen LogP contribution is -2.47. The topological polar surface area (TPSA) is 96.3 Å². The number of thiazole rings is 1. The van der Waals surface area contributed by atoms with Gasteiger partial charge in [0, 0.05) is 18.9 Å². The molecule has 1 saturated heterocycles. The molecule has 1 fully saturated rings. The highest BCUT2D eigenvalue weighted by Crippen LogP contribution is 2.26. The highest BCUT2D eigenvalue weighted by molar-refractivity contribution is 7.16. The molecule has 0 aromatic carbocycles. The summed E-state index contributed by atoms with van der Waals surface area (Å²) in [6, 6.07) is 0.953. The SMILES string of the molecule is O=C(O)C1CCCCN1C(=O)c1cnc(-c2ncccn2)s1. The van der Waals surface area contributed by atoms with Crippen molar-refractivity contribution in [2.24, 2.45) is 0 Å². The molecule has 114 valence electrons. The third-order valence-corrected chi connectivity index (χ3v) is 4.50. The number of carboxylic acids is 1. The van der Waals surface area contributed by atoms with E-state index in [1.54, 1.807) is 18.5 Å². The van der Waals surface area contributed by atoms with Crippen molar-refractivity contribution in [2.75, 3.05) is 6.54 Å². The van der Waals surface area contributed by atoms with Crippen LogP contribution in [-0.4, -0.2) is 49.4 Å². The average Bonchev–Trinajstić information content (AvgIpc) is 3.05. The van der Waals surface area contributed by atoms with Gasteiger partial charge < -0.3 is 10.0 Å². The lowest BCUT2D eigenvalue weighted by Gasteiger charge is -2.32. The van der Waals surface area contributed by atoms with Crippen molar-refractivity contribution in [1.29, 1.82) is 0 Å². The number of piperidine rings is 1. The number of aromatic nitrogens is 3. The first-order valence-corrected chi connectivity index (χ1v) is 7.75. The number of aliphatic carboxylic acids is 1. The van der Waals surface area contributed by atoms with E-state index in [0.29, 0.717) is 28.7 Å². The molecule has 2 aromatic rings. The number of likely N-dealkylation sites (tertiary alicyclic amines) is 1. The molecule has 1 amide bonds. The molecule has 1 atom stereocenters. The largest absolute Gasteiger partial charge is 0.480 e. The number of hydrogen-bond donors (Lipinski definition) is 1. The van der Waals surface area contributed by atoms with Crippen molar-refractivity contribution < 1.29 is 14.7 Å². The summed E-state index contributed by atoms with van der Waals surface area (Å²) in [4.78, 5) is 38.1. The molecule has 3 heterocycles. The van der Waals surface area contributed by atoms with Crippen molar-refractivity contribution in [1.82, 2.24) is 19.9 Å². The summed E-state index contributed by atoms with van der Waals surface area (Å²) in [5, 5.41) is 9.81. The third kappa shape index (κ3) is 2.82. The minimum atomic E-state index is -0.954. The molecule has 3 rings (SSSR count). The molecule has 0 radical (unpaired) electrons. The van der Waals surface area contributed by atoms with Crippen LogP contribution in [0.15, 0.2) is 24.7 Å². The van der Waals surface area contributed by atoms with Crippen molar-refractivity contribution >= 4 is 23.2 Å². The Morgan fingerprint density at radius 2 is 2.00 bits per heavy atom. The Kier molecular flexibility index (Phi) is 4.10. The van der Waals surface area contributed by atoms with Gasteiger partial charge in [0.05, 0.1) is 6.20 Å². The van der Waals surface area contributed by atoms with Gasteiger partial charge in [0.15, 0.2) is 10.8 Å². The van der Waals surface area contributed by atoms with E-state index in [1.165, 1.54) is 22.4 Å². The number of nitrogens with zero attached hydrogens (tertiary/aromatic N) is 4. The summed E-state index contributed by atoms with van der Waals surface area (Å²) in [5.41, 5.74) is 0. The number of hydrogen-bond acceptors (Lipinski definition) is 6. The summed E-state index contributed by atoms with van der Waals surface area (Å²) >= 11 is 1.18. The maximum Gasteiger partial charge on any atom is 0.326 e. The highest BCUT2D eigenvalue weighted by atomic mass is 32.1. The fourth-order valence-corrected chi connectivity index (χ4v) is 3.28. The van der Waals surface area contributed by atoms with Crippen LogP contribution in [0.4, 0.5) is 0 Å². The Morgan fingerprint density at radius 3 is 2.73 bits per heavy atom. The zero-order valence-corrected chi connectivity index (χ0v) is 12.5. The lowest BCUT2D eigenvalue weighted by atomic mass is 10.0. The average molecular weight is 318 g/mol. The Hall–Kier alpha value is -2.35. The molecule has 1 unspecified atom stereocenters. The van der Waals surface area contributed by atoms with Gasteiger partial charge >= 0.3 is 5.97 Å². The molecule has 0 bridgehead atoms. The van der Waals surface area contributed by atoms with Crippen LogP contribution in [0.25, 0.3) is 10.8 Å². The molecule has 7 nitrogen and oxygen atoms in total. The van der Waals surface area contributed by atoms with Crippen molar-refractivity contribution in [3.8, 4) is 10.8 Å². The Labute approximate surface area is 130 Å². The maximum atomic E-state index is 12.6. The van der Waals surface area contributed by atoms with E-state index in [4.69, 9.17) is 0 Å². The number of carboxylic acid groups (broad SMARTS) is 1. The number of rotatable bonds is 3. The van der Waals surface area contributed by atoms with Crippen LogP contribution >= 0.6 is 11.3 Å². The minimum absolute atomic E-state index is 0.285. The fourth-order valence-electron chi connectivity index (χ4n) is 2.46. The fraction of sp³-hybridized carbons (Fsp3) is 0.357. The molecular formula is C14H14N4O3S. The molecule has 8 heteroatoms. The molecule has 0 saturated carbocycles. The summed E-state index contributed by atoms with van der Waals surface area (Å²) in [6.45, 7) is 0.463. The predicted molar refractivity (Wildman–Crippen MR) is 79.5 cm³/mol. The maximum absolute atomic E-state index is 12.6. The van der Waals surface area contributed by atoms with Gasteiger partial charge in [-0.2, -0.15) is 0 Å². The van der Waals surface area contributed by atoms with Gasteiger partial charge in [-0.1, -0.05) is 0 Å². The monoisotopic (exact) mass is 318 g/mol. The quantitative estimate of drug-likeness (QED) is 0.925. The number of carbonyl (C=O) groups excluding carboxylic acids is 1. The standard InChI is InChI=1S/C14H14N4O3S/c19-13(18-7-2-1-4-9(18)14(20)21)10-8-17-12(22-10)11-15-5-3-6-16-11/h3,5-6,8-9H,1-2,4,7H2,(H,20,21). The Morgan fingerprint density at radius 1 is 1.23 bits per heavy atom. The highest BCUT2D eigenvalue weighted by Gasteiger charge is 2.33. The first kappa shape index (κ1) is 14.6. The molecule has 0 spiro atoms. The second-order valence-electron chi connectivity index (χ2n) is 4.95. The second kappa shape index (κ2) is 6.18. The van der Waals surface area contributed by atoms with Gasteiger partial charge in [0.1, 0.15) is 10.9 Å². The summed E-state index contributed by atoms with van der Waals surface area (Å²) < 4.78 is 0. The van der Waals surface area contributed by atoms with Crippen molar-refractivity contribution in [3.05, 3.63) is 29.5 Å². The molecule has 0 aliphatic carbocycles. The number of amides is 1. The van der Waals surface area contributed by atoms with Gasteiger partial charge in [-0.05, 0) is 25.3 Å². The van der Waals surface area contributed by atoms with Crippen LogP contribution in [0.3, 0.4) is 0 Å². The number of carbonyl (C=O) groups is 2. The summed E-state index contributed by atoms with van der Waals surface area (Å²) in [6.07, 6.45) is 6.82. The second-order valence-corrected chi connectivity index (χ2v) is 5.98. The van der Waals surface area contributed by atoms with E-state index in [9.17, 15) is 14.7 Å². The van der Waals surface area contributed by atoms with E-state index >= 15 is 0 Å². The van der Waals surface area contributed by atoms with E-state index in [0.717, 1.165) is 12.8 Å². The van der Waals surface area contributed by atoms with Crippen molar-refractivity contribution in [2.45, 2.75) is 25.3 Å². The lowest BCUT2D eigenvalue weighted by molar-refractivity contribution is -0.143.